The van der Waals surface area contributed by atoms with Crippen molar-refractivity contribution in [3.63, 3.8) is 0 Å². The van der Waals surface area contributed by atoms with Gasteiger partial charge in [0, 0.05) is 6.54 Å². The van der Waals surface area contributed by atoms with Crippen molar-refractivity contribution in [1.29, 1.82) is 0 Å². The summed E-state index contributed by atoms with van der Waals surface area (Å²) in [5.41, 5.74) is 7.93. The monoisotopic (exact) mass is 288 g/mol. The van der Waals surface area contributed by atoms with Crippen LogP contribution in [-0.2, 0) is 9.53 Å². The molecule has 2 fully saturated rings. The van der Waals surface area contributed by atoms with Crippen LogP contribution in [0, 0.1) is 12.8 Å². The largest absolute Gasteiger partial charge is 0.370 e. The lowest BCUT2D eigenvalue weighted by molar-refractivity contribution is -0.145. The van der Waals surface area contributed by atoms with Gasteiger partial charge in [0.2, 0.25) is 5.91 Å². The molecule has 0 unspecified atom stereocenters. The molecule has 1 saturated carbocycles. The second-order valence-electron chi connectivity index (χ2n) is 6.52. The van der Waals surface area contributed by atoms with Crippen LogP contribution in [0.15, 0.2) is 24.3 Å². The molecule has 1 saturated heterocycles. The molecule has 3 rings (SSSR count). The van der Waals surface area contributed by atoms with Crippen LogP contribution in [0.3, 0.4) is 0 Å². The number of benzene rings is 1. The van der Waals surface area contributed by atoms with Crippen LogP contribution < -0.4 is 5.73 Å². The normalized spacial score (nSPS) is 25.5. The van der Waals surface area contributed by atoms with E-state index in [0.717, 1.165) is 12.8 Å². The highest BCUT2D eigenvalue weighted by Gasteiger charge is 2.46. The predicted molar refractivity (Wildman–Crippen MR) is 81.8 cm³/mol. The molecular weight excluding hydrogens is 264 g/mol. The van der Waals surface area contributed by atoms with E-state index in [9.17, 15) is 4.79 Å². The van der Waals surface area contributed by atoms with Crippen molar-refractivity contribution in [2.24, 2.45) is 11.7 Å². The molecule has 2 N–H and O–H groups in total. The van der Waals surface area contributed by atoms with Gasteiger partial charge >= 0.3 is 0 Å². The van der Waals surface area contributed by atoms with E-state index in [0.29, 0.717) is 25.6 Å². The Morgan fingerprint density at radius 2 is 2.10 bits per heavy atom. The first-order chi connectivity index (χ1) is 10.00. The number of nitrogens with two attached hydrogens (primary N) is 1. The van der Waals surface area contributed by atoms with Gasteiger partial charge in [-0.1, -0.05) is 24.3 Å². The molecule has 1 aliphatic heterocycles. The summed E-state index contributed by atoms with van der Waals surface area (Å²) in [5.74, 6) is 0.427. The molecule has 21 heavy (non-hydrogen) atoms. The SMILES string of the molecule is Cc1ccccc1[C@H]1CN(C(=O)[C@@](C)(N)C2CC2)CCO1. The zero-order valence-corrected chi connectivity index (χ0v) is 12.8. The lowest BCUT2D eigenvalue weighted by Gasteiger charge is -2.38. The maximum Gasteiger partial charge on any atom is 0.242 e. The number of carbonyl (C=O) groups is 1. The molecule has 0 bridgehead atoms. The first-order valence-electron chi connectivity index (χ1n) is 7.75. The quantitative estimate of drug-likeness (QED) is 0.926. The van der Waals surface area contributed by atoms with Gasteiger partial charge in [-0.2, -0.15) is 0 Å². The highest BCUT2D eigenvalue weighted by molar-refractivity contribution is 5.86. The molecule has 0 radical (unpaired) electrons. The Kier molecular flexibility index (Phi) is 3.76. The Balaban J connectivity index is 1.74. The number of ether oxygens (including phenoxy) is 1. The van der Waals surface area contributed by atoms with Crippen LogP contribution in [0.2, 0.25) is 0 Å². The summed E-state index contributed by atoms with van der Waals surface area (Å²) in [6.45, 7) is 5.78. The molecule has 1 aromatic rings. The van der Waals surface area contributed by atoms with E-state index in [2.05, 4.69) is 19.1 Å². The first kappa shape index (κ1) is 14.5. The molecule has 0 aromatic heterocycles. The number of hydrogen-bond donors (Lipinski definition) is 1. The summed E-state index contributed by atoms with van der Waals surface area (Å²) >= 11 is 0. The van der Waals surface area contributed by atoms with Crippen LogP contribution in [0.1, 0.15) is 37.0 Å². The smallest absolute Gasteiger partial charge is 0.242 e. The Hall–Kier alpha value is -1.39. The third-order valence-electron chi connectivity index (χ3n) is 4.78. The molecule has 2 atom stereocenters. The molecule has 1 heterocycles. The van der Waals surface area contributed by atoms with Crippen molar-refractivity contribution in [2.45, 2.75) is 38.3 Å². The van der Waals surface area contributed by atoms with Crippen molar-refractivity contribution >= 4 is 5.91 Å². The maximum atomic E-state index is 12.7. The summed E-state index contributed by atoms with van der Waals surface area (Å²) in [6, 6.07) is 8.20. The van der Waals surface area contributed by atoms with Gasteiger partial charge in [0.25, 0.3) is 0 Å². The molecule has 4 heteroatoms. The van der Waals surface area contributed by atoms with Gasteiger partial charge in [-0.15, -0.1) is 0 Å². The molecule has 4 nitrogen and oxygen atoms in total. The van der Waals surface area contributed by atoms with Gasteiger partial charge in [0.15, 0.2) is 0 Å². The molecule has 2 aliphatic rings. The minimum atomic E-state index is -0.715. The van der Waals surface area contributed by atoms with Gasteiger partial charge in [-0.05, 0) is 43.7 Å². The Labute approximate surface area is 126 Å². The van der Waals surface area contributed by atoms with E-state index >= 15 is 0 Å². The van der Waals surface area contributed by atoms with E-state index in [4.69, 9.17) is 10.5 Å². The summed E-state index contributed by atoms with van der Waals surface area (Å²) < 4.78 is 5.88. The number of aryl methyl sites for hydroxylation is 1. The van der Waals surface area contributed by atoms with Crippen molar-refractivity contribution in [2.75, 3.05) is 19.7 Å². The second kappa shape index (κ2) is 5.43. The number of nitrogens with zero attached hydrogens (tertiary/aromatic N) is 1. The van der Waals surface area contributed by atoms with E-state index in [1.165, 1.54) is 11.1 Å². The number of rotatable bonds is 3. The topological polar surface area (TPSA) is 55.6 Å². The minimum absolute atomic E-state index is 0.0427. The fourth-order valence-corrected chi connectivity index (χ4v) is 3.17. The highest BCUT2D eigenvalue weighted by Crippen LogP contribution is 2.39. The fourth-order valence-electron chi connectivity index (χ4n) is 3.17. The standard InChI is InChI=1S/C17H24N2O2/c1-12-5-3-4-6-14(12)15-11-19(9-10-21-15)16(20)17(2,18)13-7-8-13/h3-6,13,15H,7-11,18H2,1-2H3/t15-,17+/m1/s1. The molecule has 114 valence electrons. The van der Waals surface area contributed by atoms with Gasteiger partial charge in [-0.25, -0.2) is 0 Å². The lowest BCUT2D eigenvalue weighted by atomic mass is 9.94. The number of hydrogen-bond acceptors (Lipinski definition) is 3. The van der Waals surface area contributed by atoms with Gasteiger partial charge in [0.05, 0.1) is 18.7 Å². The molecule has 1 aliphatic carbocycles. The van der Waals surface area contributed by atoms with Crippen LogP contribution in [0.25, 0.3) is 0 Å². The Morgan fingerprint density at radius 1 is 1.38 bits per heavy atom. The Morgan fingerprint density at radius 3 is 2.76 bits per heavy atom. The summed E-state index contributed by atoms with van der Waals surface area (Å²) in [7, 11) is 0. The zero-order valence-electron chi connectivity index (χ0n) is 12.8. The van der Waals surface area contributed by atoms with Gasteiger partial charge in [0.1, 0.15) is 6.10 Å². The number of amides is 1. The molecular formula is C17H24N2O2. The van der Waals surface area contributed by atoms with Crippen LogP contribution in [-0.4, -0.2) is 36.0 Å². The number of morpholine rings is 1. The summed E-state index contributed by atoms with van der Waals surface area (Å²) in [5, 5.41) is 0. The average molecular weight is 288 g/mol. The summed E-state index contributed by atoms with van der Waals surface area (Å²) in [6.07, 6.45) is 2.10. The lowest BCUT2D eigenvalue weighted by Crippen LogP contribution is -2.57. The van der Waals surface area contributed by atoms with Crippen molar-refractivity contribution < 1.29 is 9.53 Å². The van der Waals surface area contributed by atoms with Crippen molar-refractivity contribution in [3.05, 3.63) is 35.4 Å². The summed E-state index contributed by atoms with van der Waals surface area (Å²) in [4.78, 5) is 14.6. The highest BCUT2D eigenvalue weighted by atomic mass is 16.5. The van der Waals surface area contributed by atoms with E-state index < -0.39 is 5.54 Å². The third kappa shape index (κ3) is 2.83. The van der Waals surface area contributed by atoms with Crippen molar-refractivity contribution in [1.82, 2.24) is 4.90 Å². The minimum Gasteiger partial charge on any atom is -0.370 e. The van der Waals surface area contributed by atoms with Crippen molar-refractivity contribution in [3.8, 4) is 0 Å². The molecule has 1 amide bonds. The van der Waals surface area contributed by atoms with E-state index in [1.807, 2.05) is 24.0 Å². The third-order valence-corrected chi connectivity index (χ3v) is 4.78. The van der Waals surface area contributed by atoms with Gasteiger partial charge < -0.3 is 15.4 Å². The van der Waals surface area contributed by atoms with Crippen LogP contribution in [0.4, 0.5) is 0 Å². The second-order valence-corrected chi connectivity index (χ2v) is 6.52. The molecule has 0 spiro atoms. The Bertz CT molecular complexity index is 537. The zero-order chi connectivity index (χ0) is 15.0. The maximum absolute atomic E-state index is 12.7. The van der Waals surface area contributed by atoms with Crippen LogP contribution in [0.5, 0.6) is 0 Å². The first-order valence-corrected chi connectivity index (χ1v) is 7.75. The predicted octanol–water partition coefficient (Wildman–Crippen LogP) is 2.02. The number of carbonyl (C=O) groups excluding carboxylic acids is 1. The van der Waals surface area contributed by atoms with Gasteiger partial charge in [-0.3, -0.25) is 4.79 Å². The average Bonchev–Trinajstić information content (AvgIpc) is 3.32. The van der Waals surface area contributed by atoms with Crippen LogP contribution >= 0.6 is 0 Å². The van der Waals surface area contributed by atoms with E-state index in [-0.39, 0.29) is 12.0 Å². The molecule has 1 aromatic carbocycles. The fraction of sp³-hybridized carbons (Fsp3) is 0.588. The van der Waals surface area contributed by atoms with E-state index in [1.54, 1.807) is 0 Å².